The molecule has 2 aliphatic heterocycles. The van der Waals surface area contributed by atoms with Gasteiger partial charge in [0, 0.05) is 0 Å². The second kappa shape index (κ2) is 6.79. The second-order valence-electron chi connectivity index (χ2n) is 5.08. The highest BCUT2D eigenvalue weighted by Gasteiger charge is 2.48. The molecule has 10 heteroatoms. The molecule has 0 bridgehead atoms. The summed E-state index contributed by atoms with van der Waals surface area (Å²) in [6.07, 6.45) is -13.2. The van der Waals surface area contributed by atoms with E-state index in [0.29, 0.717) is 0 Å². The third kappa shape index (κ3) is 3.35. The molecule has 9 atom stereocenters. The Balaban J connectivity index is 2.05. The van der Waals surface area contributed by atoms with Crippen LogP contribution in [0.4, 0.5) is 0 Å². The fraction of sp³-hybridized carbons (Fsp3) is 1.00. The zero-order valence-electron chi connectivity index (χ0n) is 11.0. The van der Waals surface area contributed by atoms with Crippen LogP contribution in [-0.2, 0) is 14.2 Å². The van der Waals surface area contributed by atoms with Crippen molar-refractivity contribution in [2.45, 2.75) is 55.3 Å². The normalized spacial score (nSPS) is 51.9. The Morgan fingerprint density at radius 3 is 2.19 bits per heavy atom. The summed E-state index contributed by atoms with van der Waals surface area (Å²) >= 11 is 0. The maximum atomic E-state index is 9.87. The highest BCUT2D eigenvalue weighted by atomic mass is 16.7. The monoisotopic (exact) mass is 312 g/mol. The summed E-state index contributed by atoms with van der Waals surface area (Å²) < 4.78 is 15.1. The molecule has 2 aliphatic rings. The van der Waals surface area contributed by atoms with E-state index in [2.05, 4.69) is 0 Å². The molecule has 2 rings (SSSR count). The Labute approximate surface area is 119 Å². The maximum Gasteiger partial charge on any atom is 0.186 e. The van der Waals surface area contributed by atoms with Crippen LogP contribution in [0.5, 0.6) is 0 Å². The minimum atomic E-state index is -1.69. The SMILES string of the molecule is OC[C@@H]1O[C@H](O)[C@@H](O)[C@H](O)[C@H]1O[C@H]1OC[C@H](O)[C@@H](O)[C@@H]1O. The van der Waals surface area contributed by atoms with Crippen LogP contribution in [0, 0.1) is 0 Å². The maximum absolute atomic E-state index is 9.87. The van der Waals surface area contributed by atoms with Crippen LogP contribution in [0.1, 0.15) is 0 Å². The zero-order valence-corrected chi connectivity index (χ0v) is 11.0. The fourth-order valence-electron chi connectivity index (χ4n) is 2.29. The first-order chi connectivity index (χ1) is 9.86. The van der Waals surface area contributed by atoms with E-state index < -0.39 is 61.9 Å². The minimum absolute atomic E-state index is 0.304. The largest absolute Gasteiger partial charge is 0.394 e. The summed E-state index contributed by atoms with van der Waals surface area (Å²) in [7, 11) is 0. The lowest BCUT2D eigenvalue weighted by molar-refractivity contribution is -0.342. The van der Waals surface area contributed by atoms with Crippen molar-refractivity contribution in [2.75, 3.05) is 13.2 Å². The van der Waals surface area contributed by atoms with E-state index in [1.165, 1.54) is 0 Å². The summed E-state index contributed by atoms with van der Waals surface area (Å²) in [5, 5.41) is 66.5. The van der Waals surface area contributed by atoms with Crippen molar-refractivity contribution in [3.63, 3.8) is 0 Å². The van der Waals surface area contributed by atoms with Crippen LogP contribution in [0.3, 0.4) is 0 Å². The molecule has 0 spiro atoms. The quantitative estimate of drug-likeness (QED) is 0.268. The van der Waals surface area contributed by atoms with Gasteiger partial charge in [-0.25, -0.2) is 0 Å². The predicted molar refractivity (Wildman–Crippen MR) is 62.6 cm³/mol. The standard InChI is InChI=1S/C11H20O10/c12-1-4-9(6(15)7(16)10(18)20-4)21-11-8(17)5(14)3(13)2-19-11/h3-18H,1-2H2/t3-,4-,5+,6-,7-,8-,9-,10-,11+/m0/s1. The number of aliphatic hydroxyl groups is 7. The number of ether oxygens (including phenoxy) is 3. The van der Waals surface area contributed by atoms with Gasteiger partial charge in [-0.3, -0.25) is 0 Å². The van der Waals surface area contributed by atoms with E-state index in [1.54, 1.807) is 0 Å². The van der Waals surface area contributed by atoms with Gasteiger partial charge in [-0.1, -0.05) is 0 Å². The summed E-state index contributed by atoms with van der Waals surface area (Å²) in [5.74, 6) is 0. The molecule has 10 nitrogen and oxygen atoms in total. The Morgan fingerprint density at radius 1 is 0.905 bits per heavy atom. The summed E-state index contributed by atoms with van der Waals surface area (Å²) in [5.41, 5.74) is 0. The number of hydrogen-bond acceptors (Lipinski definition) is 10. The molecule has 2 saturated heterocycles. The van der Waals surface area contributed by atoms with Gasteiger partial charge < -0.3 is 50.0 Å². The summed E-state index contributed by atoms with van der Waals surface area (Å²) in [6.45, 7) is -0.930. The molecule has 2 fully saturated rings. The van der Waals surface area contributed by atoms with E-state index >= 15 is 0 Å². The number of hydrogen-bond donors (Lipinski definition) is 7. The van der Waals surface area contributed by atoms with E-state index in [9.17, 15) is 35.7 Å². The highest BCUT2D eigenvalue weighted by Crippen LogP contribution is 2.26. The van der Waals surface area contributed by atoms with Gasteiger partial charge in [-0.15, -0.1) is 0 Å². The van der Waals surface area contributed by atoms with E-state index in [-0.39, 0.29) is 6.61 Å². The molecule has 0 unspecified atom stereocenters. The smallest absolute Gasteiger partial charge is 0.186 e. The topological polar surface area (TPSA) is 169 Å². The van der Waals surface area contributed by atoms with Crippen LogP contribution >= 0.6 is 0 Å². The van der Waals surface area contributed by atoms with Gasteiger partial charge in [-0.05, 0) is 0 Å². The molecule has 0 aliphatic carbocycles. The third-order valence-corrected chi connectivity index (χ3v) is 3.58. The lowest BCUT2D eigenvalue weighted by Gasteiger charge is -2.43. The third-order valence-electron chi connectivity index (χ3n) is 3.58. The number of aliphatic hydroxyl groups excluding tert-OH is 7. The van der Waals surface area contributed by atoms with Gasteiger partial charge >= 0.3 is 0 Å². The summed E-state index contributed by atoms with van der Waals surface area (Å²) in [6, 6.07) is 0. The van der Waals surface area contributed by atoms with Crippen molar-refractivity contribution in [3.8, 4) is 0 Å². The Hall–Kier alpha value is -0.400. The lowest BCUT2D eigenvalue weighted by Crippen LogP contribution is -2.62. The van der Waals surface area contributed by atoms with Gasteiger partial charge in [0.25, 0.3) is 0 Å². The van der Waals surface area contributed by atoms with Gasteiger partial charge in [0.2, 0.25) is 0 Å². The van der Waals surface area contributed by atoms with Gasteiger partial charge in [0.05, 0.1) is 13.2 Å². The molecule has 124 valence electrons. The zero-order chi connectivity index (χ0) is 15.7. The summed E-state index contributed by atoms with van der Waals surface area (Å²) in [4.78, 5) is 0. The molecule has 0 aromatic heterocycles. The molecule has 0 radical (unpaired) electrons. The van der Waals surface area contributed by atoms with Crippen molar-refractivity contribution in [2.24, 2.45) is 0 Å². The van der Waals surface area contributed by atoms with Crippen LogP contribution in [0.15, 0.2) is 0 Å². The first kappa shape index (κ1) is 17.0. The Morgan fingerprint density at radius 2 is 1.57 bits per heavy atom. The first-order valence-electron chi connectivity index (χ1n) is 6.48. The van der Waals surface area contributed by atoms with E-state index in [4.69, 9.17) is 14.2 Å². The van der Waals surface area contributed by atoms with E-state index in [0.717, 1.165) is 0 Å². The minimum Gasteiger partial charge on any atom is -0.394 e. The molecule has 0 saturated carbocycles. The Bertz CT molecular complexity index is 339. The van der Waals surface area contributed by atoms with Gasteiger partial charge in [0.1, 0.15) is 42.7 Å². The molecule has 0 aromatic rings. The molecule has 2 heterocycles. The average Bonchev–Trinajstić information content (AvgIpc) is 2.47. The van der Waals surface area contributed by atoms with Crippen molar-refractivity contribution in [3.05, 3.63) is 0 Å². The predicted octanol–water partition coefficient (Wildman–Crippen LogP) is -4.76. The van der Waals surface area contributed by atoms with Gasteiger partial charge in [0.15, 0.2) is 12.6 Å². The first-order valence-corrected chi connectivity index (χ1v) is 6.48. The second-order valence-corrected chi connectivity index (χ2v) is 5.08. The van der Waals surface area contributed by atoms with Crippen LogP contribution in [-0.4, -0.2) is 104 Å². The lowest BCUT2D eigenvalue weighted by atomic mass is 9.98. The van der Waals surface area contributed by atoms with Crippen molar-refractivity contribution in [1.82, 2.24) is 0 Å². The Kier molecular flexibility index (Phi) is 5.48. The molecule has 0 aromatic carbocycles. The van der Waals surface area contributed by atoms with Crippen LogP contribution in [0.25, 0.3) is 0 Å². The average molecular weight is 312 g/mol. The molecular formula is C11H20O10. The molecular weight excluding hydrogens is 292 g/mol. The number of rotatable bonds is 3. The molecule has 7 N–H and O–H groups in total. The van der Waals surface area contributed by atoms with Crippen molar-refractivity contribution in [1.29, 1.82) is 0 Å². The van der Waals surface area contributed by atoms with Gasteiger partial charge in [-0.2, -0.15) is 0 Å². The van der Waals surface area contributed by atoms with Crippen molar-refractivity contribution < 1.29 is 50.0 Å². The van der Waals surface area contributed by atoms with Crippen LogP contribution < -0.4 is 0 Å². The highest BCUT2D eigenvalue weighted by molar-refractivity contribution is 4.91. The fourth-order valence-corrected chi connectivity index (χ4v) is 2.29. The van der Waals surface area contributed by atoms with E-state index in [1.807, 2.05) is 0 Å². The molecule has 0 amide bonds. The molecule has 21 heavy (non-hydrogen) atoms. The van der Waals surface area contributed by atoms with Crippen LogP contribution in [0.2, 0.25) is 0 Å². The van der Waals surface area contributed by atoms with Crippen molar-refractivity contribution >= 4 is 0 Å².